The molecule has 0 atom stereocenters. The van der Waals surface area contributed by atoms with Gasteiger partial charge < -0.3 is 20.0 Å². The lowest BCUT2D eigenvalue weighted by molar-refractivity contribution is -0.140. The van der Waals surface area contributed by atoms with Crippen molar-refractivity contribution in [3.63, 3.8) is 0 Å². The van der Waals surface area contributed by atoms with Gasteiger partial charge in [0.25, 0.3) is 5.91 Å². The van der Waals surface area contributed by atoms with E-state index < -0.39 is 5.54 Å². The number of carbonyl (C=O) groups excluding carboxylic acids is 3. The molecule has 0 saturated carbocycles. The number of rotatable bonds is 10. The van der Waals surface area contributed by atoms with Crippen LogP contribution >= 0.6 is 0 Å². The summed E-state index contributed by atoms with van der Waals surface area (Å²) in [5, 5.41) is 2.92. The van der Waals surface area contributed by atoms with Crippen molar-refractivity contribution in [1.82, 2.24) is 15.1 Å². The lowest BCUT2D eigenvalue weighted by atomic mass is 9.85. The van der Waals surface area contributed by atoms with Gasteiger partial charge in [-0.3, -0.25) is 14.4 Å². The molecule has 176 valence electrons. The maximum Gasteiger partial charge on any atom is 0.250 e. The van der Waals surface area contributed by atoms with Gasteiger partial charge in [0, 0.05) is 31.7 Å². The van der Waals surface area contributed by atoms with Crippen LogP contribution in [0.4, 0.5) is 5.69 Å². The first-order valence-electron chi connectivity index (χ1n) is 12.2. The first-order chi connectivity index (χ1) is 15.5. The summed E-state index contributed by atoms with van der Waals surface area (Å²) in [6.45, 7) is 6.49. The van der Waals surface area contributed by atoms with Crippen molar-refractivity contribution in [1.29, 1.82) is 0 Å². The van der Waals surface area contributed by atoms with Crippen LogP contribution < -0.4 is 10.2 Å². The molecule has 0 bridgehead atoms. The highest BCUT2D eigenvalue weighted by atomic mass is 16.2. The molecule has 1 aromatic carbocycles. The van der Waals surface area contributed by atoms with Gasteiger partial charge in [-0.15, -0.1) is 0 Å². The molecule has 3 amide bonds. The number of anilines is 1. The number of amides is 3. The van der Waals surface area contributed by atoms with Crippen molar-refractivity contribution < 1.29 is 14.4 Å². The summed E-state index contributed by atoms with van der Waals surface area (Å²) in [5.74, 6) is 0.0858. The second-order valence-corrected chi connectivity index (χ2v) is 8.98. The average Bonchev–Trinajstić information content (AvgIpc) is 3.06. The topological polar surface area (TPSA) is 73.0 Å². The van der Waals surface area contributed by atoms with E-state index in [-0.39, 0.29) is 24.3 Å². The number of piperidine rings is 1. The van der Waals surface area contributed by atoms with Crippen LogP contribution in [0.15, 0.2) is 30.3 Å². The van der Waals surface area contributed by atoms with Crippen molar-refractivity contribution in [2.24, 2.45) is 0 Å². The van der Waals surface area contributed by atoms with Crippen LogP contribution in [-0.2, 0) is 14.4 Å². The molecule has 7 nitrogen and oxygen atoms in total. The van der Waals surface area contributed by atoms with Crippen LogP contribution in [0.2, 0.25) is 0 Å². The van der Waals surface area contributed by atoms with Crippen molar-refractivity contribution in [3.8, 4) is 0 Å². The Bertz CT molecular complexity index is 775. The second kappa shape index (κ2) is 11.3. The first kappa shape index (κ1) is 24.1. The zero-order chi connectivity index (χ0) is 23.0. The lowest BCUT2D eigenvalue weighted by Gasteiger charge is -2.43. The number of carbonyl (C=O) groups is 3. The van der Waals surface area contributed by atoms with Crippen molar-refractivity contribution in [2.75, 3.05) is 37.7 Å². The largest absolute Gasteiger partial charge is 0.355 e. The van der Waals surface area contributed by atoms with Gasteiger partial charge in [-0.1, -0.05) is 51.3 Å². The molecule has 7 heteroatoms. The number of benzene rings is 1. The van der Waals surface area contributed by atoms with Crippen molar-refractivity contribution in [2.45, 2.75) is 70.8 Å². The Morgan fingerprint density at radius 3 is 2.34 bits per heavy atom. The zero-order valence-electron chi connectivity index (χ0n) is 19.6. The van der Waals surface area contributed by atoms with E-state index in [0.29, 0.717) is 45.6 Å². The van der Waals surface area contributed by atoms with Gasteiger partial charge in [0.2, 0.25) is 11.8 Å². The lowest BCUT2D eigenvalue weighted by Crippen LogP contribution is -2.57. The number of para-hydroxylation sites is 1. The fraction of sp³-hybridized carbons (Fsp3) is 0.640. The molecule has 2 saturated heterocycles. The van der Waals surface area contributed by atoms with E-state index in [9.17, 15) is 14.4 Å². The Morgan fingerprint density at radius 2 is 1.69 bits per heavy atom. The quantitative estimate of drug-likeness (QED) is 0.565. The summed E-state index contributed by atoms with van der Waals surface area (Å²) in [6.07, 6.45) is 6.80. The average molecular weight is 443 g/mol. The summed E-state index contributed by atoms with van der Waals surface area (Å²) in [7, 11) is 0. The molecular weight excluding hydrogens is 404 g/mol. The Labute approximate surface area is 192 Å². The van der Waals surface area contributed by atoms with Crippen LogP contribution in [-0.4, -0.2) is 65.9 Å². The summed E-state index contributed by atoms with van der Waals surface area (Å²) >= 11 is 0. The molecule has 32 heavy (non-hydrogen) atoms. The van der Waals surface area contributed by atoms with Gasteiger partial charge in [-0.2, -0.15) is 0 Å². The maximum absolute atomic E-state index is 13.6. The molecule has 2 fully saturated rings. The van der Waals surface area contributed by atoms with Crippen LogP contribution in [0.5, 0.6) is 0 Å². The Morgan fingerprint density at radius 1 is 1.00 bits per heavy atom. The SMILES string of the molecule is CCCCCC(=O)N1CCC2(CC1)C(=O)N(CC(=O)NCCCC)CN2c1ccccc1. The van der Waals surface area contributed by atoms with Gasteiger partial charge in [0.1, 0.15) is 12.1 Å². The van der Waals surface area contributed by atoms with E-state index in [1.807, 2.05) is 35.2 Å². The Hall–Kier alpha value is -2.57. The fourth-order valence-corrected chi connectivity index (χ4v) is 4.77. The van der Waals surface area contributed by atoms with Crippen LogP contribution in [0, 0.1) is 0 Å². The molecule has 2 aliphatic heterocycles. The van der Waals surface area contributed by atoms with Crippen LogP contribution in [0.25, 0.3) is 0 Å². The fourth-order valence-electron chi connectivity index (χ4n) is 4.77. The predicted octanol–water partition coefficient (Wildman–Crippen LogP) is 3.15. The maximum atomic E-state index is 13.6. The highest BCUT2D eigenvalue weighted by Gasteiger charge is 2.54. The summed E-state index contributed by atoms with van der Waals surface area (Å²) < 4.78 is 0. The smallest absolute Gasteiger partial charge is 0.250 e. The third-order valence-electron chi connectivity index (χ3n) is 6.71. The molecule has 0 aromatic heterocycles. The molecule has 1 aromatic rings. The van der Waals surface area contributed by atoms with Gasteiger partial charge in [-0.25, -0.2) is 0 Å². The predicted molar refractivity (Wildman–Crippen MR) is 126 cm³/mol. The van der Waals surface area contributed by atoms with E-state index in [2.05, 4.69) is 24.1 Å². The highest BCUT2D eigenvalue weighted by molar-refractivity contribution is 5.96. The summed E-state index contributed by atoms with van der Waals surface area (Å²) in [4.78, 5) is 44.4. The number of hydrogen-bond acceptors (Lipinski definition) is 4. The third-order valence-corrected chi connectivity index (χ3v) is 6.71. The number of nitrogens with one attached hydrogen (secondary N) is 1. The molecule has 2 aliphatic rings. The standard InChI is InChI=1S/C25H38N4O3/c1-3-5-8-13-23(31)27-17-14-25(15-18-27)24(32)28(19-22(30)26-16-6-4-2)20-29(25)21-11-9-7-10-12-21/h7,9-12H,3-6,8,13-20H2,1-2H3,(H,26,30). The van der Waals surface area contributed by atoms with Crippen LogP contribution in [0.3, 0.4) is 0 Å². The van der Waals surface area contributed by atoms with E-state index in [4.69, 9.17) is 0 Å². The molecular formula is C25H38N4O3. The molecule has 2 heterocycles. The third kappa shape index (κ3) is 5.43. The van der Waals surface area contributed by atoms with Gasteiger partial charge >= 0.3 is 0 Å². The number of nitrogens with zero attached hydrogens (tertiary/aromatic N) is 3. The molecule has 1 N–H and O–H groups in total. The van der Waals surface area contributed by atoms with Gasteiger partial charge in [0.05, 0.1) is 6.67 Å². The minimum absolute atomic E-state index is 0.00470. The van der Waals surface area contributed by atoms with Crippen molar-refractivity contribution in [3.05, 3.63) is 30.3 Å². The minimum Gasteiger partial charge on any atom is -0.355 e. The van der Waals surface area contributed by atoms with E-state index in [0.717, 1.165) is 37.8 Å². The van der Waals surface area contributed by atoms with E-state index in [1.165, 1.54) is 0 Å². The Balaban J connectivity index is 1.71. The number of unbranched alkanes of at least 4 members (excludes halogenated alkanes) is 3. The van der Waals surface area contributed by atoms with E-state index >= 15 is 0 Å². The second-order valence-electron chi connectivity index (χ2n) is 8.98. The van der Waals surface area contributed by atoms with Crippen LogP contribution in [0.1, 0.15) is 65.2 Å². The number of likely N-dealkylation sites (tertiary alicyclic amines) is 1. The molecule has 1 spiro atoms. The van der Waals surface area contributed by atoms with Gasteiger partial charge in [-0.05, 0) is 37.8 Å². The molecule has 0 unspecified atom stereocenters. The molecule has 0 radical (unpaired) electrons. The summed E-state index contributed by atoms with van der Waals surface area (Å²) in [5.41, 5.74) is 0.295. The molecule has 0 aliphatic carbocycles. The highest BCUT2D eigenvalue weighted by Crippen LogP contribution is 2.39. The minimum atomic E-state index is -0.689. The van der Waals surface area contributed by atoms with Gasteiger partial charge in [0.15, 0.2) is 0 Å². The molecule has 3 rings (SSSR count). The Kier molecular flexibility index (Phi) is 8.53. The zero-order valence-corrected chi connectivity index (χ0v) is 19.6. The summed E-state index contributed by atoms with van der Waals surface area (Å²) in [6, 6.07) is 9.94. The van der Waals surface area contributed by atoms with E-state index in [1.54, 1.807) is 4.90 Å². The number of hydrogen-bond donors (Lipinski definition) is 1. The monoisotopic (exact) mass is 442 g/mol. The van der Waals surface area contributed by atoms with Crippen molar-refractivity contribution >= 4 is 23.4 Å². The normalized spacial score (nSPS) is 17.8. The first-order valence-corrected chi connectivity index (χ1v) is 12.2.